The van der Waals surface area contributed by atoms with Crippen LogP contribution in [0.15, 0.2) is 72.8 Å². The highest BCUT2D eigenvalue weighted by Crippen LogP contribution is 2.33. The van der Waals surface area contributed by atoms with Crippen molar-refractivity contribution in [2.75, 3.05) is 31.6 Å². The van der Waals surface area contributed by atoms with Crippen molar-refractivity contribution in [2.45, 2.75) is 45.6 Å². The number of benzene rings is 3. The number of carbonyl (C=O) groups is 1. The van der Waals surface area contributed by atoms with E-state index in [-0.39, 0.29) is 11.3 Å². The zero-order chi connectivity index (χ0) is 25.8. The third-order valence-corrected chi connectivity index (χ3v) is 6.99. The molecule has 0 atom stereocenters. The molecule has 2 aliphatic heterocycles. The Hall–Kier alpha value is -3.57. The Kier molecular flexibility index (Phi) is 7.33. The van der Waals surface area contributed by atoms with Crippen LogP contribution >= 0.6 is 0 Å². The summed E-state index contributed by atoms with van der Waals surface area (Å²) in [6.45, 7) is 10.9. The van der Waals surface area contributed by atoms with E-state index in [0.29, 0.717) is 30.4 Å². The van der Waals surface area contributed by atoms with Gasteiger partial charge in [-0.25, -0.2) is 0 Å². The van der Waals surface area contributed by atoms with Crippen LogP contribution in [0.3, 0.4) is 0 Å². The number of carbonyl (C=O) groups excluding carboxylic acids is 1. The lowest BCUT2D eigenvalue weighted by Gasteiger charge is -2.20. The molecular weight excluding hydrogens is 460 g/mol. The minimum Gasteiger partial charge on any atom is -0.486 e. The Morgan fingerprint density at radius 2 is 1.62 bits per heavy atom. The van der Waals surface area contributed by atoms with Crippen LogP contribution in [0.4, 0.5) is 5.69 Å². The highest BCUT2D eigenvalue weighted by Gasteiger charge is 2.17. The maximum atomic E-state index is 13.3. The first-order chi connectivity index (χ1) is 17.8. The van der Waals surface area contributed by atoms with Crippen molar-refractivity contribution in [2.24, 2.45) is 0 Å². The number of likely N-dealkylation sites (tertiary alicyclic amines) is 1. The number of ether oxygens (including phenoxy) is 2. The third kappa shape index (κ3) is 6.23. The van der Waals surface area contributed by atoms with Crippen molar-refractivity contribution in [3.05, 3.63) is 95.1 Å². The van der Waals surface area contributed by atoms with E-state index in [0.717, 1.165) is 36.3 Å². The number of hydrogen-bond donors (Lipinski definition) is 1. The number of nitrogens with one attached hydrogen (secondary N) is 1. The molecule has 1 N–H and O–H groups in total. The predicted octanol–water partition coefficient (Wildman–Crippen LogP) is 6.42. The van der Waals surface area contributed by atoms with Crippen LogP contribution in [-0.2, 0) is 16.8 Å². The Balaban J connectivity index is 1.45. The Bertz CT molecular complexity index is 1280. The summed E-state index contributed by atoms with van der Waals surface area (Å²) in [5.74, 6) is 1.17. The van der Waals surface area contributed by atoms with Crippen LogP contribution < -0.4 is 14.8 Å². The van der Waals surface area contributed by atoms with Gasteiger partial charge in [0.15, 0.2) is 11.5 Å². The van der Waals surface area contributed by atoms with Crippen LogP contribution in [0.2, 0.25) is 0 Å². The molecule has 0 aromatic heterocycles. The number of rotatable bonds is 6. The van der Waals surface area contributed by atoms with Gasteiger partial charge < -0.3 is 14.8 Å². The molecular formula is C32H36N2O3. The number of amides is 1. The van der Waals surface area contributed by atoms with Crippen molar-refractivity contribution in [1.29, 1.82) is 0 Å². The molecule has 0 radical (unpaired) electrons. The summed E-state index contributed by atoms with van der Waals surface area (Å²) in [7, 11) is 0. The minimum atomic E-state index is -0.184. The zero-order valence-electron chi connectivity index (χ0n) is 22.0. The Morgan fingerprint density at radius 1 is 0.892 bits per heavy atom. The van der Waals surface area contributed by atoms with E-state index >= 15 is 0 Å². The first-order valence-electron chi connectivity index (χ1n) is 13.2. The van der Waals surface area contributed by atoms with Crippen molar-refractivity contribution < 1.29 is 14.3 Å². The minimum absolute atomic E-state index is 0.0632. The van der Waals surface area contributed by atoms with Gasteiger partial charge in [-0.05, 0) is 77.4 Å². The topological polar surface area (TPSA) is 50.8 Å². The standard InChI is InChI=1S/C32H36N2O3/c1-32(2,3)26-11-9-24(10-12-26)28(25-8-6-7-23(19-25)22-34-15-4-5-16-34)21-31(35)33-27-13-14-29-30(20-27)37-18-17-36-29/h6-14,19-21H,4-5,15-18,22H2,1-3H3,(H,33,35). The molecule has 3 aromatic carbocycles. The molecule has 1 amide bonds. The van der Waals surface area contributed by atoms with Gasteiger partial charge in [-0.2, -0.15) is 0 Å². The van der Waals surface area contributed by atoms with Crippen LogP contribution in [-0.4, -0.2) is 37.1 Å². The number of fused-ring (bicyclic) bond motifs is 1. The summed E-state index contributed by atoms with van der Waals surface area (Å²) in [5.41, 5.74) is 6.23. The maximum absolute atomic E-state index is 13.3. The van der Waals surface area contributed by atoms with Gasteiger partial charge in [-0.1, -0.05) is 63.2 Å². The monoisotopic (exact) mass is 496 g/mol. The quantitative estimate of drug-likeness (QED) is 0.400. The van der Waals surface area contributed by atoms with Gasteiger partial charge in [-0.15, -0.1) is 0 Å². The molecule has 2 aliphatic rings. The number of nitrogens with zero attached hydrogens (tertiary/aromatic N) is 1. The van der Waals surface area contributed by atoms with E-state index < -0.39 is 0 Å². The number of hydrogen-bond acceptors (Lipinski definition) is 4. The van der Waals surface area contributed by atoms with E-state index in [9.17, 15) is 4.79 Å². The Labute approximate surface area is 220 Å². The molecule has 5 rings (SSSR count). The second-order valence-corrected chi connectivity index (χ2v) is 10.9. The summed E-state index contributed by atoms with van der Waals surface area (Å²) in [5, 5.41) is 3.01. The molecule has 5 heteroatoms. The lowest BCUT2D eigenvalue weighted by atomic mass is 9.85. The van der Waals surface area contributed by atoms with Gasteiger partial charge in [0, 0.05) is 24.4 Å². The molecule has 2 heterocycles. The van der Waals surface area contributed by atoms with Crippen molar-refractivity contribution >= 4 is 17.2 Å². The summed E-state index contributed by atoms with van der Waals surface area (Å²) in [6, 6.07) is 22.6. The maximum Gasteiger partial charge on any atom is 0.249 e. The van der Waals surface area contributed by atoms with Gasteiger partial charge in [0.05, 0.1) is 0 Å². The predicted molar refractivity (Wildman–Crippen MR) is 149 cm³/mol. The normalized spacial score (nSPS) is 16.0. The van der Waals surface area contributed by atoms with E-state index in [2.05, 4.69) is 79.5 Å². The molecule has 0 unspecified atom stereocenters. The zero-order valence-corrected chi connectivity index (χ0v) is 22.0. The summed E-state index contributed by atoms with van der Waals surface area (Å²) < 4.78 is 11.3. The largest absolute Gasteiger partial charge is 0.486 e. The molecule has 0 bridgehead atoms. The highest BCUT2D eigenvalue weighted by molar-refractivity contribution is 6.06. The first kappa shape index (κ1) is 25.1. The van der Waals surface area contributed by atoms with Gasteiger partial charge >= 0.3 is 0 Å². The fraction of sp³-hybridized carbons (Fsp3) is 0.344. The smallest absolute Gasteiger partial charge is 0.249 e. The summed E-state index contributed by atoms with van der Waals surface area (Å²) in [4.78, 5) is 15.8. The lowest BCUT2D eigenvalue weighted by molar-refractivity contribution is -0.111. The van der Waals surface area contributed by atoms with Gasteiger partial charge in [0.2, 0.25) is 5.91 Å². The van der Waals surface area contributed by atoms with Crippen molar-refractivity contribution in [3.8, 4) is 11.5 Å². The Morgan fingerprint density at radius 3 is 2.35 bits per heavy atom. The summed E-state index contributed by atoms with van der Waals surface area (Å²) >= 11 is 0. The molecule has 0 saturated carbocycles. The molecule has 37 heavy (non-hydrogen) atoms. The molecule has 0 aliphatic carbocycles. The van der Waals surface area contributed by atoms with Crippen LogP contribution in [0, 0.1) is 0 Å². The second kappa shape index (κ2) is 10.8. The average Bonchev–Trinajstić information content (AvgIpc) is 3.40. The van der Waals surface area contributed by atoms with Crippen LogP contribution in [0.25, 0.3) is 5.57 Å². The van der Waals surface area contributed by atoms with E-state index in [1.54, 1.807) is 6.08 Å². The molecule has 5 nitrogen and oxygen atoms in total. The number of anilines is 1. The first-order valence-corrected chi connectivity index (χ1v) is 13.2. The van der Waals surface area contributed by atoms with Gasteiger partial charge in [0.25, 0.3) is 0 Å². The SMILES string of the molecule is CC(C)(C)c1ccc(C(=CC(=O)Nc2ccc3c(c2)OCCO3)c2cccc(CN3CCCC3)c2)cc1. The van der Waals surface area contributed by atoms with Crippen molar-refractivity contribution in [3.63, 3.8) is 0 Å². The van der Waals surface area contributed by atoms with E-state index in [1.807, 2.05) is 18.2 Å². The van der Waals surface area contributed by atoms with E-state index in [1.165, 1.54) is 24.0 Å². The molecule has 1 fully saturated rings. The van der Waals surface area contributed by atoms with Crippen LogP contribution in [0.5, 0.6) is 11.5 Å². The summed E-state index contributed by atoms with van der Waals surface area (Å²) in [6.07, 6.45) is 4.24. The second-order valence-electron chi connectivity index (χ2n) is 10.9. The average molecular weight is 497 g/mol. The van der Waals surface area contributed by atoms with E-state index in [4.69, 9.17) is 9.47 Å². The van der Waals surface area contributed by atoms with Crippen molar-refractivity contribution in [1.82, 2.24) is 4.90 Å². The molecule has 192 valence electrons. The molecule has 3 aromatic rings. The fourth-order valence-electron chi connectivity index (χ4n) is 4.95. The third-order valence-electron chi connectivity index (χ3n) is 6.99. The highest BCUT2D eigenvalue weighted by atomic mass is 16.6. The van der Waals surface area contributed by atoms with Crippen LogP contribution in [0.1, 0.15) is 55.9 Å². The molecule has 0 spiro atoms. The van der Waals surface area contributed by atoms with Gasteiger partial charge in [-0.3, -0.25) is 9.69 Å². The lowest BCUT2D eigenvalue weighted by Crippen LogP contribution is -2.18. The fourth-order valence-corrected chi connectivity index (χ4v) is 4.95. The molecule has 1 saturated heterocycles. The van der Waals surface area contributed by atoms with Gasteiger partial charge in [0.1, 0.15) is 13.2 Å².